The zero-order valence-electron chi connectivity index (χ0n) is 19.3. The maximum atomic E-state index is 13.3. The van der Waals surface area contributed by atoms with Crippen molar-refractivity contribution in [1.29, 1.82) is 5.26 Å². The number of fused-ring (bicyclic) bond motifs is 2. The van der Waals surface area contributed by atoms with Gasteiger partial charge in [0.1, 0.15) is 27.2 Å². The van der Waals surface area contributed by atoms with Gasteiger partial charge in [-0.2, -0.15) is 5.26 Å². The lowest BCUT2D eigenvalue weighted by atomic mass is 10.1. The minimum atomic E-state index is -0.406. The number of carbonyl (C=O) groups excluding carboxylic acids is 1. The number of benzene rings is 2. The number of thiazole rings is 1. The summed E-state index contributed by atoms with van der Waals surface area (Å²) >= 11 is 2.43. The first-order chi connectivity index (χ1) is 17.4. The van der Waals surface area contributed by atoms with E-state index in [1.54, 1.807) is 6.92 Å². The van der Waals surface area contributed by atoms with Crippen LogP contribution in [0.25, 0.3) is 26.0 Å². The molecule has 0 fully saturated rings. The number of aryl methyl sites for hydroxylation is 2. The SMILES string of the molecule is Cc1ccccc1NC(=O)c1sc2ncn(C/C(O)=C(\C#N)c3nc4ccccc4s3)c(=O)c2c1C. The van der Waals surface area contributed by atoms with Crippen LogP contribution < -0.4 is 10.9 Å². The van der Waals surface area contributed by atoms with Crippen LogP contribution in [0.15, 0.2) is 65.4 Å². The van der Waals surface area contributed by atoms with E-state index in [-0.39, 0.29) is 23.8 Å². The first kappa shape index (κ1) is 23.4. The maximum absolute atomic E-state index is 13.3. The Morgan fingerprint density at radius 1 is 1.14 bits per heavy atom. The summed E-state index contributed by atoms with van der Waals surface area (Å²) in [6.07, 6.45) is 1.31. The van der Waals surface area contributed by atoms with E-state index in [2.05, 4.69) is 15.3 Å². The monoisotopic (exact) mass is 513 g/mol. The Morgan fingerprint density at radius 2 is 1.89 bits per heavy atom. The molecule has 0 aliphatic rings. The summed E-state index contributed by atoms with van der Waals surface area (Å²) in [5.41, 5.74) is 2.46. The summed E-state index contributed by atoms with van der Waals surface area (Å²) in [7, 11) is 0. The number of nitriles is 1. The van der Waals surface area contributed by atoms with Gasteiger partial charge in [-0.15, -0.1) is 22.7 Å². The zero-order chi connectivity index (χ0) is 25.4. The summed E-state index contributed by atoms with van der Waals surface area (Å²) in [6.45, 7) is 3.36. The highest BCUT2D eigenvalue weighted by Crippen LogP contribution is 2.30. The van der Waals surface area contributed by atoms with Crippen LogP contribution >= 0.6 is 22.7 Å². The summed E-state index contributed by atoms with van der Waals surface area (Å²) in [4.78, 5) is 35.9. The Bertz CT molecular complexity index is 1760. The number of hydrogen-bond acceptors (Lipinski definition) is 8. The molecule has 5 aromatic rings. The van der Waals surface area contributed by atoms with Gasteiger partial charge in [0.15, 0.2) is 0 Å². The van der Waals surface area contributed by atoms with E-state index >= 15 is 0 Å². The van der Waals surface area contributed by atoms with Gasteiger partial charge in [0.2, 0.25) is 0 Å². The Balaban J connectivity index is 1.49. The molecule has 10 heteroatoms. The number of para-hydroxylation sites is 2. The van der Waals surface area contributed by atoms with E-state index in [1.807, 2.05) is 61.5 Å². The van der Waals surface area contributed by atoms with Crippen LogP contribution in [0.1, 0.15) is 25.8 Å². The molecule has 3 aromatic heterocycles. The third-order valence-corrected chi connectivity index (χ3v) is 8.00. The van der Waals surface area contributed by atoms with Crippen LogP contribution in [-0.2, 0) is 6.54 Å². The molecular weight excluding hydrogens is 494 g/mol. The molecule has 0 unspecified atom stereocenters. The molecule has 178 valence electrons. The largest absolute Gasteiger partial charge is 0.509 e. The van der Waals surface area contributed by atoms with Crippen LogP contribution in [0.4, 0.5) is 5.69 Å². The number of carbonyl (C=O) groups is 1. The molecule has 0 radical (unpaired) electrons. The lowest BCUT2D eigenvalue weighted by Crippen LogP contribution is -2.22. The molecule has 36 heavy (non-hydrogen) atoms. The van der Waals surface area contributed by atoms with Gasteiger partial charge < -0.3 is 10.4 Å². The minimum absolute atomic E-state index is 0.00327. The number of aliphatic hydroxyl groups excluding tert-OH is 1. The van der Waals surface area contributed by atoms with E-state index in [1.165, 1.54) is 22.2 Å². The molecule has 8 nitrogen and oxygen atoms in total. The maximum Gasteiger partial charge on any atom is 0.266 e. The van der Waals surface area contributed by atoms with Crippen molar-refractivity contribution in [2.75, 3.05) is 5.32 Å². The molecule has 0 aliphatic carbocycles. The average molecular weight is 514 g/mol. The highest BCUT2D eigenvalue weighted by molar-refractivity contribution is 7.20. The number of allylic oxidation sites excluding steroid dienone is 2. The van der Waals surface area contributed by atoms with Crippen LogP contribution in [0.2, 0.25) is 0 Å². The van der Waals surface area contributed by atoms with Gasteiger partial charge in [-0.3, -0.25) is 14.2 Å². The molecule has 0 saturated heterocycles. The highest BCUT2D eigenvalue weighted by Gasteiger charge is 2.21. The molecule has 0 saturated carbocycles. The van der Waals surface area contributed by atoms with Crippen molar-refractivity contribution in [1.82, 2.24) is 14.5 Å². The van der Waals surface area contributed by atoms with Crippen LogP contribution in [-0.4, -0.2) is 25.5 Å². The summed E-state index contributed by atoms with van der Waals surface area (Å²) in [5.74, 6) is -0.605. The number of aliphatic hydroxyl groups is 1. The van der Waals surface area contributed by atoms with Gasteiger partial charge in [0.25, 0.3) is 11.5 Å². The number of aromatic nitrogens is 3. The van der Waals surface area contributed by atoms with Crippen molar-refractivity contribution in [3.05, 3.63) is 92.0 Å². The predicted octanol–water partition coefficient (Wildman–Crippen LogP) is 5.43. The molecule has 0 aliphatic heterocycles. The lowest BCUT2D eigenvalue weighted by molar-refractivity contribution is 0.103. The van der Waals surface area contributed by atoms with Gasteiger partial charge in [0.05, 0.1) is 33.4 Å². The second-order valence-electron chi connectivity index (χ2n) is 8.10. The standard InChI is InChI=1S/C26H19N5O3S2/c1-14-7-3-4-8-17(14)29-23(33)22-15(2)21-25(36-22)28-13-31(26(21)34)12-19(32)16(11-27)24-30-18-9-5-6-10-20(18)35-24/h3-10,13,32H,12H2,1-2H3,(H,29,33)/b19-16-. The van der Waals surface area contributed by atoms with Gasteiger partial charge in [-0.1, -0.05) is 30.3 Å². The fraction of sp³-hybridized carbons (Fsp3) is 0.115. The van der Waals surface area contributed by atoms with Crippen LogP contribution in [0.5, 0.6) is 0 Å². The van der Waals surface area contributed by atoms with Gasteiger partial charge >= 0.3 is 0 Å². The first-order valence-corrected chi connectivity index (χ1v) is 12.5. The zero-order valence-corrected chi connectivity index (χ0v) is 20.9. The summed E-state index contributed by atoms with van der Waals surface area (Å²) < 4.78 is 2.11. The molecule has 0 bridgehead atoms. The third-order valence-electron chi connectivity index (χ3n) is 5.75. The highest BCUT2D eigenvalue weighted by atomic mass is 32.1. The van der Waals surface area contributed by atoms with Crippen molar-refractivity contribution in [3.63, 3.8) is 0 Å². The van der Waals surface area contributed by atoms with Crippen molar-refractivity contribution in [2.24, 2.45) is 0 Å². The summed E-state index contributed by atoms with van der Waals surface area (Å²) in [6, 6.07) is 16.9. The fourth-order valence-electron chi connectivity index (χ4n) is 3.84. The van der Waals surface area contributed by atoms with Crippen molar-refractivity contribution in [2.45, 2.75) is 20.4 Å². The van der Waals surface area contributed by atoms with E-state index in [0.717, 1.165) is 27.1 Å². The molecule has 2 N–H and O–H groups in total. The molecule has 3 heterocycles. The van der Waals surface area contributed by atoms with Gasteiger partial charge in [0, 0.05) is 5.69 Å². The number of nitrogens with one attached hydrogen (secondary N) is 1. The topological polar surface area (TPSA) is 121 Å². The minimum Gasteiger partial charge on any atom is -0.509 e. The fourth-order valence-corrected chi connectivity index (χ4v) is 5.85. The second kappa shape index (κ2) is 9.37. The molecule has 2 aromatic carbocycles. The smallest absolute Gasteiger partial charge is 0.266 e. The van der Waals surface area contributed by atoms with Gasteiger partial charge in [-0.05, 0) is 43.2 Å². The van der Waals surface area contributed by atoms with Gasteiger partial charge in [-0.25, -0.2) is 9.97 Å². The number of anilines is 1. The Labute approximate surface area is 213 Å². The Hall–Kier alpha value is -4.33. The number of nitrogens with zero attached hydrogens (tertiary/aromatic N) is 4. The molecule has 0 atom stereocenters. The van der Waals surface area contributed by atoms with E-state index in [0.29, 0.717) is 31.4 Å². The van der Waals surface area contributed by atoms with Crippen LogP contribution in [0.3, 0.4) is 0 Å². The number of thiophene rings is 1. The first-order valence-electron chi connectivity index (χ1n) is 10.9. The summed E-state index contributed by atoms with van der Waals surface area (Å²) in [5, 5.41) is 24.0. The Kier molecular flexibility index (Phi) is 6.10. The van der Waals surface area contributed by atoms with E-state index < -0.39 is 5.56 Å². The number of amides is 1. The molecule has 5 rings (SSSR count). The normalized spacial score (nSPS) is 11.9. The molecule has 1 amide bonds. The lowest BCUT2D eigenvalue weighted by Gasteiger charge is -2.07. The average Bonchev–Trinajstić information content (AvgIpc) is 3.44. The van der Waals surface area contributed by atoms with Crippen LogP contribution in [0, 0.1) is 25.2 Å². The van der Waals surface area contributed by atoms with E-state index in [9.17, 15) is 20.0 Å². The van der Waals surface area contributed by atoms with E-state index in [4.69, 9.17) is 0 Å². The van der Waals surface area contributed by atoms with Crippen molar-refractivity contribution >= 4 is 60.3 Å². The number of rotatable bonds is 5. The molecular formula is C26H19N5O3S2. The second-order valence-corrected chi connectivity index (χ2v) is 10.1. The quantitative estimate of drug-likeness (QED) is 0.239. The van der Waals surface area contributed by atoms with Crippen molar-refractivity contribution < 1.29 is 9.90 Å². The third kappa shape index (κ3) is 4.15. The number of hydrogen-bond donors (Lipinski definition) is 2. The predicted molar refractivity (Wildman–Crippen MR) is 143 cm³/mol. The molecule has 0 spiro atoms. The Morgan fingerprint density at radius 3 is 2.64 bits per heavy atom. The van der Waals surface area contributed by atoms with Crippen molar-refractivity contribution in [3.8, 4) is 6.07 Å².